The first-order chi connectivity index (χ1) is 8.08. The fourth-order valence-corrected chi connectivity index (χ4v) is 1.44. The van der Waals surface area contributed by atoms with Crippen LogP contribution in [-0.2, 0) is 0 Å². The molecule has 1 aromatic carbocycles. The van der Waals surface area contributed by atoms with Gasteiger partial charge in [-0.05, 0) is 38.1 Å². The number of nitrogens with one attached hydrogen (secondary N) is 1. The van der Waals surface area contributed by atoms with Crippen LogP contribution in [0.4, 0.5) is 4.39 Å². The zero-order valence-corrected chi connectivity index (χ0v) is 10.00. The topological polar surface area (TPSA) is 64.3 Å². The summed E-state index contributed by atoms with van der Waals surface area (Å²) in [6.07, 6.45) is 0.685. The van der Waals surface area contributed by atoms with Crippen LogP contribution in [0.15, 0.2) is 18.2 Å². The number of hydrogen-bond acceptors (Lipinski definition) is 3. The Bertz CT molecular complexity index is 396. The lowest BCUT2D eigenvalue weighted by Crippen LogP contribution is -2.34. The molecule has 0 fully saturated rings. The third-order valence-electron chi connectivity index (χ3n) is 2.39. The van der Waals surface area contributed by atoms with Crippen LogP contribution in [0.1, 0.15) is 23.7 Å². The third-order valence-corrected chi connectivity index (χ3v) is 2.39. The molecule has 0 saturated carbocycles. The molecule has 5 heteroatoms. The van der Waals surface area contributed by atoms with E-state index in [4.69, 9.17) is 10.5 Å². The molecule has 1 unspecified atom stereocenters. The molecule has 0 saturated heterocycles. The Labute approximate surface area is 100.0 Å². The summed E-state index contributed by atoms with van der Waals surface area (Å²) in [4.78, 5) is 11.7. The van der Waals surface area contributed by atoms with Gasteiger partial charge in [-0.1, -0.05) is 0 Å². The Hall–Kier alpha value is -1.62. The van der Waals surface area contributed by atoms with Gasteiger partial charge in [0.05, 0.1) is 7.11 Å². The summed E-state index contributed by atoms with van der Waals surface area (Å²) in [6.45, 7) is 2.35. The van der Waals surface area contributed by atoms with Crippen LogP contribution in [0.25, 0.3) is 0 Å². The normalized spacial score (nSPS) is 12.0. The zero-order chi connectivity index (χ0) is 12.8. The van der Waals surface area contributed by atoms with Gasteiger partial charge in [-0.2, -0.15) is 0 Å². The molecule has 3 N–H and O–H groups in total. The van der Waals surface area contributed by atoms with Crippen LogP contribution in [0.2, 0.25) is 0 Å². The molecule has 0 bridgehead atoms. The SMILES string of the molecule is COc1ccc(C(=O)NC(C)CCN)cc1F. The summed E-state index contributed by atoms with van der Waals surface area (Å²) < 4.78 is 18.1. The Kier molecular flexibility index (Phi) is 4.90. The number of ether oxygens (including phenoxy) is 1. The second-order valence-corrected chi connectivity index (χ2v) is 3.80. The monoisotopic (exact) mass is 240 g/mol. The van der Waals surface area contributed by atoms with Gasteiger partial charge in [-0.15, -0.1) is 0 Å². The first kappa shape index (κ1) is 13.4. The molecular weight excluding hydrogens is 223 g/mol. The maximum absolute atomic E-state index is 13.4. The van der Waals surface area contributed by atoms with Gasteiger partial charge in [-0.25, -0.2) is 4.39 Å². The highest BCUT2D eigenvalue weighted by atomic mass is 19.1. The molecule has 0 aliphatic carbocycles. The van der Waals surface area contributed by atoms with E-state index in [2.05, 4.69) is 5.32 Å². The number of benzene rings is 1. The van der Waals surface area contributed by atoms with Gasteiger partial charge in [0.25, 0.3) is 5.91 Å². The molecule has 17 heavy (non-hydrogen) atoms. The molecule has 4 nitrogen and oxygen atoms in total. The Morgan fingerprint density at radius 1 is 1.59 bits per heavy atom. The van der Waals surface area contributed by atoms with Gasteiger partial charge in [0, 0.05) is 11.6 Å². The maximum atomic E-state index is 13.4. The van der Waals surface area contributed by atoms with Crippen molar-refractivity contribution in [2.24, 2.45) is 5.73 Å². The van der Waals surface area contributed by atoms with E-state index >= 15 is 0 Å². The Morgan fingerprint density at radius 2 is 2.29 bits per heavy atom. The van der Waals surface area contributed by atoms with Gasteiger partial charge < -0.3 is 15.8 Å². The quantitative estimate of drug-likeness (QED) is 0.815. The minimum absolute atomic E-state index is 0.0299. The van der Waals surface area contributed by atoms with Gasteiger partial charge >= 0.3 is 0 Å². The van der Waals surface area contributed by atoms with E-state index in [1.165, 1.54) is 19.2 Å². The lowest BCUT2D eigenvalue weighted by molar-refractivity contribution is 0.0938. The van der Waals surface area contributed by atoms with Crippen molar-refractivity contribution in [3.05, 3.63) is 29.6 Å². The highest BCUT2D eigenvalue weighted by Crippen LogP contribution is 2.17. The highest BCUT2D eigenvalue weighted by Gasteiger charge is 2.11. The molecule has 0 spiro atoms. The lowest BCUT2D eigenvalue weighted by Gasteiger charge is -2.13. The van der Waals surface area contributed by atoms with Crippen molar-refractivity contribution in [1.29, 1.82) is 0 Å². The summed E-state index contributed by atoms with van der Waals surface area (Å²) in [5.41, 5.74) is 5.65. The number of methoxy groups -OCH3 is 1. The molecule has 1 atom stereocenters. The molecule has 0 aromatic heterocycles. The van der Waals surface area contributed by atoms with Crippen LogP contribution < -0.4 is 15.8 Å². The van der Waals surface area contributed by atoms with E-state index in [9.17, 15) is 9.18 Å². The second kappa shape index (κ2) is 6.20. The molecule has 1 amide bonds. The van der Waals surface area contributed by atoms with Gasteiger partial charge in [0.2, 0.25) is 0 Å². The van der Waals surface area contributed by atoms with Crippen molar-refractivity contribution in [2.45, 2.75) is 19.4 Å². The van der Waals surface area contributed by atoms with Crippen molar-refractivity contribution < 1.29 is 13.9 Å². The van der Waals surface area contributed by atoms with Gasteiger partial charge in [0.15, 0.2) is 11.6 Å². The average molecular weight is 240 g/mol. The number of carbonyl (C=O) groups excluding carboxylic acids is 1. The van der Waals surface area contributed by atoms with Crippen molar-refractivity contribution in [3.63, 3.8) is 0 Å². The van der Waals surface area contributed by atoms with Crippen LogP contribution in [0, 0.1) is 5.82 Å². The van der Waals surface area contributed by atoms with Crippen LogP contribution in [0.5, 0.6) is 5.75 Å². The van der Waals surface area contributed by atoms with Crippen LogP contribution in [0.3, 0.4) is 0 Å². The van der Waals surface area contributed by atoms with Crippen molar-refractivity contribution >= 4 is 5.91 Å². The molecule has 1 aromatic rings. The first-order valence-corrected chi connectivity index (χ1v) is 5.43. The zero-order valence-electron chi connectivity index (χ0n) is 10.00. The van der Waals surface area contributed by atoms with Crippen molar-refractivity contribution in [1.82, 2.24) is 5.32 Å². The van der Waals surface area contributed by atoms with Gasteiger partial charge in [0.1, 0.15) is 0 Å². The third kappa shape index (κ3) is 3.71. The highest BCUT2D eigenvalue weighted by molar-refractivity contribution is 5.94. The fraction of sp³-hybridized carbons (Fsp3) is 0.417. The number of carbonyl (C=O) groups is 1. The average Bonchev–Trinajstić information content (AvgIpc) is 2.29. The molecular formula is C12H17FN2O2. The number of hydrogen-bond donors (Lipinski definition) is 2. The largest absolute Gasteiger partial charge is 0.494 e. The summed E-state index contributed by atoms with van der Waals surface area (Å²) in [6, 6.07) is 4.07. The van der Waals surface area contributed by atoms with E-state index in [-0.39, 0.29) is 23.3 Å². The van der Waals surface area contributed by atoms with Gasteiger partial charge in [-0.3, -0.25) is 4.79 Å². The minimum Gasteiger partial charge on any atom is -0.494 e. The van der Waals surface area contributed by atoms with E-state index in [1.807, 2.05) is 6.92 Å². The number of nitrogens with two attached hydrogens (primary N) is 1. The summed E-state index contributed by atoms with van der Waals surface area (Å²) in [7, 11) is 1.38. The molecule has 94 valence electrons. The fourth-order valence-electron chi connectivity index (χ4n) is 1.44. The molecule has 1 rings (SSSR count). The molecule has 0 heterocycles. The predicted molar refractivity (Wildman–Crippen MR) is 63.6 cm³/mol. The first-order valence-electron chi connectivity index (χ1n) is 5.43. The van der Waals surface area contributed by atoms with Crippen LogP contribution >= 0.6 is 0 Å². The minimum atomic E-state index is -0.549. The lowest BCUT2D eigenvalue weighted by atomic mass is 10.1. The number of rotatable bonds is 5. The maximum Gasteiger partial charge on any atom is 0.251 e. The Balaban J connectivity index is 2.72. The number of amides is 1. The summed E-state index contributed by atoms with van der Waals surface area (Å²) >= 11 is 0. The standard InChI is InChI=1S/C12H17FN2O2/c1-8(5-6-14)15-12(16)9-3-4-11(17-2)10(13)7-9/h3-4,7-8H,5-6,14H2,1-2H3,(H,15,16). The van der Waals surface area contributed by atoms with Crippen molar-refractivity contribution in [3.8, 4) is 5.75 Å². The smallest absolute Gasteiger partial charge is 0.251 e. The van der Waals surface area contributed by atoms with E-state index in [0.717, 1.165) is 6.07 Å². The van der Waals surface area contributed by atoms with Crippen LogP contribution in [-0.4, -0.2) is 25.6 Å². The molecule has 0 aliphatic heterocycles. The van der Waals surface area contributed by atoms with E-state index < -0.39 is 5.82 Å². The second-order valence-electron chi connectivity index (χ2n) is 3.80. The Morgan fingerprint density at radius 3 is 2.82 bits per heavy atom. The number of halogens is 1. The molecule has 0 radical (unpaired) electrons. The summed E-state index contributed by atoms with van der Waals surface area (Å²) in [5.74, 6) is -0.740. The predicted octanol–water partition coefficient (Wildman–Crippen LogP) is 1.30. The van der Waals surface area contributed by atoms with E-state index in [1.54, 1.807) is 0 Å². The molecule has 0 aliphatic rings. The van der Waals surface area contributed by atoms with E-state index in [0.29, 0.717) is 13.0 Å². The summed E-state index contributed by atoms with van der Waals surface area (Å²) in [5, 5.41) is 2.74. The van der Waals surface area contributed by atoms with Crippen molar-refractivity contribution in [2.75, 3.05) is 13.7 Å².